The van der Waals surface area contributed by atoms with Crippen LogP contribution in [0.3, 0.4) is 0 Å². The van der Waals surface area contributed by atoms with Gasteiger partial charge in [0.15, 0.2) is 6.10 Å². The fourth-order valence-corrected chi connectivity index (χ4v) is 4.85. The Hall–Kier alpha value is -3.29. The van der Waals surface area contributed by atoms with Crippen molar-refractivity contribution in [3.8, 4) is 11.5 Å². The van der Waals surface area contributed by atoms with E-state index in [-0.39, 0.29) is 11.8 Å². The average Bonchev–Trinajstić information content (AvgIpc) is 2.96. The topological polar surface area (TPSA) is 59.1 Å². The molecular weight excluding hydrogens is 580 g/mol. The lowest BCUT2D eigenvalue weighted by atomic mass is 10.1. The lowest BCUT2D eigenvalue weighted by molar-refractivity contribution is -0.142. The number of ether oxygens (including phenoxy) is 2. The van der Waals surface area contributed by atoms with Gasteiger partial charge in [-0.15, -0.1) is 0 Å². The SMILES string of the molecule is CCc1ccc(OC(C)C(=O)N2CCN(C(=O)/C=C/c3cc(Br)ccc3OCc3ccccc3Cl)CC2)cc1. The summed E-state index contributed by atoms with van der Waals surface area (Å²) in [6, 6.07) is 21.0. The summed E-state index contributed by atoms with van der Waals surface area (Å²) >= 11 is 9.75. The molecule has 2 amide bonds. The third-order valence-electron chi connectivity index (χ3n) is 6.61. The smallest absolute Gasteiger partial charge is 0.263 e. The zero-order valence-electron chi connectivity index (χ0n) is 22.1. The van der Waals surface area contributed by atoms with Crippen LogP contribution in [0.2, 0.25) is 5.02 Å². The zero-order chi connectivity index (χ0) is 27.8. The first-order valence-electron chi connectivity index (χ1n) is 13.0. The molecule has 0 aromatic heterocycles. The standard InChI is InChI=1S/C31H32BrClN2O4/c1-3-23-8-12-27(13-9-23)39-22(2)31(37)35-18-16-34(17-19-35)30(36)15-10-24-20-26(32)11-14-29(24)38-21-25-6-4-5-7-28(25)33/h4-15,20,22H,3,16-19,21H2,1-2H3/b15-10+. The van der Waals surface area contributed by atoms with Crippen molar-refractivity contribution in [3.63, 3.8) is 0 Å². The van der Waals surface area contributed by atoms with E-state index in [0.29, 0.717) is 49.3 Å². The molecule has 3 aromatic rings. The normalized spacial score (nSPS) is 14.4. The fraction of sp³-hybridized carbons (Fsp3) is 0.290. The number of amides is 2. The molecule has 0 N–H and O–H groups in total. The molecule has 0 aliphatic carbocycles. The number of hydrogen-bond donors (Lipinski definition) is 0. The first kappa shape index (κ1) is 28.7. The summed E-state index contributed by atoms with van der Waals surface area (Å²) in [4.78, 5) is 29.4. The van der Waals surface area contributed by atoms with E-state index in [2.05, 4.69) is 22.9 Å². The first-order chi connectivity index (χ1) is 18.8. The summed E-state index contributed by atoms with van der Waals surface area (Å²) in [6.07, 6.45) is 3.66. The maximum Gasteiger partial charge on any atom is 0.263 e. The minimum Gasteiger partial charge on any atom is -0.488 e. The molecule has 0 spiro atoms. The number of piperazine rings is 1. The van der Waals surface area contributed by atoms with Gasteiger partial charge in [-0.25, -0.2) is 0 Å². The maximum atomic E-state index is 12.9. The predicted octanol–water partition coefficient (Wildman–Crippen LogP) is 6.40. The maximum absolute atomic E-state index is 12.9. The fourth-order valence-electron chi connectivity index (χ4n) is 4.28. The van der Waals surface area contributed by atoms with Crippen molar-refractivity contribution in [3.05, 3.63) is 99.0 Å². The summed E-state index contributed by atoms with van der Waals surface area (Å²) in [5, 5.41) is 0.645. The molecule has 1 unspecified atom stereocenters. The van der Waals surface area contributed by atoms with Crippen molar-refractivity contribution in [2.75, 3.05) is 26.2 Å². The Morgan fingerprint density at radius 2 is 1.69 bits per heavy atom. The number of halogens is 2. The minimum absolute atomic E-state index is 0.0772. The Bertz CT molecular complexity index is 1320. The molecule has 8 heteroatoms. The highest BCUT2D eigenvalue weighted by atomic mass is 79.9. The molecule has 1 fully saturated rings. The third-order valence-corrected chi connectivity index (χ3v) is 7.48. The van der Waals surface area contributed by atoms with Crippen molar-refractivity contribution in [2.24, 2.45) is 0 Å². The van der Waals surface area contributed by atoms with Crippen LogP contribution in [-0.4, -0.2) is 53.9 Å². The van der Waals surface area contributed by atoms with Crippen molar-refractivity contribution in [1.82, 2.24) is 9.80 Å². The van der Waals surface area contributed by atoms with Crippen LogP contribution in [0.25, 0.3) is 6.08 Å². The van der Waals surface area contributed by atoms with Crippen LogP contribution in [0, 0.1) is 0 Å². The lowest BCUT2D eigenvalue weighted by Crippen LogP contribution is -2.53. The lowest BCUT2D eigenvalue weighted by Gasteiger charge is -2.35. The number of benzene rings is 3. The van der Waals surface area contributed by atoms with Gasteiger partial charge in [0.25, 0.3) is 5.91 Å². The monoisotopic (exact) mass is 610 g/mol. The summed E-state index contributed by atoms with van der Waals surface area (Å²) in [6.45, 7) is 6.02. The van der Waals surface area contributed by atoms with E-state index in [9.17, 15) is 9.59 Å². The summed E-state index contributed by atoms with van der Waals surface area (Å²) < 4.78 is 12.8. The van der Waals surface area contributed by atoms with Gasteiger partial charge in [0.1, 0.15) is 18.1 Å². The minimum atomic E-state index is -0.597. The number of hydrogen-bond acceptors (Lipinski definition) is 4. The quantitative estimate of drug-likeness (QED) is 0.263. The molecule has 204 valence electrons. The van der Waals surface area contributed by atoms with Crippen LogP contribution in [-0.2, 0) is 22.6 Å². The Morgan fingerprint density at radius 1 is 1.00 bits per heavy atom. The van der Waals surface area contributed by atoms with Crippen LogP contribution in [0.5, 0.6) is 11.5 Å². The van der Waals surface area contributed by atoms with Crippen molar-refractivity contribution in [2.45, 2.75) is 33.0 Å². The Balaban J connectivity index is 1.30. The van der Waals surface area contributed by atoms with Gasteiger partial charge in [0, 0.05) is 52.9 Å². The summed E-state index contributed by atoms with van der Waals surface area (Å²) in [5.41, 5.74) is 2.88. The van der Waals surface area contributed by atoms with Crippen LogP contribution in [0.1, 0.15) is 30.5 Å². The van der Waals surface area contributed by atoms with Gasteiger partial charge in [0.2, 0.25) is 5.91 Å². The van der Waals surface area contributed by atoms with Crippen molar-refractivity contribution < 1.29 is 19.1 Å². The largest absolute Gasteiger partial charge is 0.488 e. The second-order valence-corrected chi connectivity index (χ2v) is 10.6. The molecule has 4 rings (SSSR count). The number of aryl methyl sites for hydroxylation is 1. The number of carbonyl (C=O) groups excluding carboxylic acids is 2. The zero-order valence-corrected chi connectivity index (χ0v) is 24.5. The highest BCUT2D eigenvalue weighted by Crippen LogP contribution is 2.27. The van der Waals surface area contributed by atoms with Crippen molar-refractivity contribution in [1.29, 1.82) is 0 Å². The van der Waals surface area contributed by atoms with E-state index in [4.69, 9.17) is 21.1 Å². The van der Waals surface area contributed by atoms with Gasteiger partial charge < -0.3 is 19.3 Å². The van der Waals surface area contributed by atoms with E-state index in [0.717, 1.165) is 22.0 Å². The molecule has 1 atom stereocenters. The van der Waals surface area contributed by atoms with Gasteiger partial charge in [0.05, 0.1) is 0 Å². The Morgan fingerprint density at radius 3 is 2.38 bits per heavy atom. The van der Waals surface area contributed by atoms with Gasteiger partial charge >= 0.3 is 0 Å². The highest BCUT2D eigenvalue weighted by Gasteiger charge is 2.27. The number of rotatable bonds is 9. The summed E-state index contributed by atoms with van der Waals surface area (Å²) in [5.74, 6) is 1.14. The highest BCUT2D eigenvalue weighted by molar-refractivity contribution is 9.10. The molecule has 39 heavy (non-hydrogen) atoms. The summed E-state index contributed by atoms with van der Waals surface area (Å²) in [7, 11) is 0. The number of carbonyl (C=O) groups is 2. The average molecular weight is 612 g/mol. The molecule has 0 bridgehead atoms. The van der Waals surface area contributed by atoms with E-state index in [1.807, 2.05) is 66.7 Å². The Labute approximate surface area is 243 Å². The second-order valence-electron chi connectivity index (χ2n) is 9.30. The van der Waals surface area contributed by atoms with E-state index < -0.39 is 6.10 Å². The van der Waals surface area contributed by atoms with Gasteiger partial charge in [-0.1, -0.05) is 64.8 Å². The molecule has 1 saturated heterocycles. The van der Waals surface area contributed by atoms with Crippen LogP contribution in [0.15, 0.2) is 77.3 Å². The molecule has 3 aromatic carbocycles. The molecule has 0 radical (unpaired) electrons. The van der Waals surface area contributed by atoms with Gasteiger partial charge in [-0.05, 0) is 61.4 Å². The first-order valence-corrected chi connectivity index (χ1v) is 14.2. The van der Waals surface area contributed by atoms with Crippen molar-refractivity contribution >= 4 is 45.4 Å². The molecule has 6 nitrogen and oxygen atoms in total. The van der Waals surface area contributed by atoms with Gasteiger partial charge in [-0.3, -0.25) is 9.59 Å². The third kappa shape index (κ3) is 7.87. The van der Waals surface area contributed by atoms with Crippen LogP contribution < -0.4 is 9.47 Å². The molecule has 1 aliphatic heterocycles. The van der Waals surface area contributed by atoms with E-state index >= 15 is 0 Å². The molecular formula is C31H32BrClN2O4. The van der Waals surface area contributed by atoms with E-state index in [1.54, 1.807) is 28.9 Å². The predicted molar refractivity (Wildman–Crippen MR) is 158 cm³/mol. The molecule has 1 heterocycles. The molecule has 0 saturated carbocycles. The molecule has 1 aliphatic rings. The van der Waals surface area contributed by atoms with Crippen LogP contribution >= 0.6 is 27.5 Å². The van der Waals surface area contributed by atoms with Crippen LogP contribution in [0.4, 0.5) is 0 Å². The number of nitrogens with zero attached hydrogens (tertiary/aromatic N) is 2. The van der Waals surface area contributed by atoms with E-state index in [1.165, 1.54) is 5.56 Å². The van der Waals surface area contributed by atoms with Gasteiger partial charge in [-0.2, -0.15) is 0 Å². The Kier molecular flexibility index (Phi) is 10.1. The second kappa shape index (κ2) is 13.7.